The summed E-state index contributed by atoms with van der Waals surface area (Å²) in [5.74, 6) is -1.66. The number of carbonyl (C=O) groups excluding carboxylic acids is 1. The maximum absolute atomic E-state index is 11.3. The van der Waals surface area contributed by atoms with Gasteiger partial charge in [-0.05, 0) is 25.0 Å². The number of rotatable bonds is 5. The van der Waals surface area contributed by atoms with E-state index in [1.807, 2.05) is 13.8 Å². The van der Waals surface area contributed by atoms with E-state index in [2.05, 4.69) is 10.3 Å². The quantitative estimate of drug-likeness (QED) is 0.761. The first-order chi connectivity index (χ1) is 8.05. The van der Waals surface area contributed by atoms with Crippen LogP contribution >= 0.6 is 0 Å². The summed E-state index contributed by atoms with van der Waals surface area (Å²) in [5.41, 5.74) is 2.38. The Kier molecular flexibility index (Phi) is 4.63. The number of amides is 1. The van der Waals surface area contributed by atoms with Crippen LogP contribution in [0.3, 0.4) is 0 Å². The molecule has 0 spiro atoms. The number of carboxylic acid groups (broad SMARTS) is 1. The number of nitrogens with one attached hydrogen (secondary N) is 1. The number of aryl methyl sites for hydroxylation is 2. The molecule has 1 heterocycles. The standard InChI is InChI=1S/C12H16N2O3/c1-3-8-5-10(6-9(4-2)13-8)14-11(15)7-12(16)17/h5-6H,3-4,7H2,1-2H3,(H,16,17)(H,13,14,15). The van der Waals surface area contributed by atoms with Crippen LogP contribution < -0.4 is 5.32 Å². The van der Waals surface area contributed by atoms with Gasteiger partial charge in [-0.1, -0.05) is 13.8 Å². The number of hydrogen-bond donors (Lipinski definition) is 2. The zero-order valence-corrected chi connectivity index (χ0v) is 9.99. The van der Waals surface area contributed by atoms with Crippen molar-refractivity contribution < 1.29 is 14.7 Å². The highest BCUT2D eigenvalue weighted by atomic mass is 16.4. The summed E-state index contributed by atoms with van der Waals surface area (Å²) < 4.78 is 0. The second kappa shape index (κ2) is 5.98. The van der Waals surface area contributed by atoms with E-state index in [9.17, 15) is 9.59 Å². The number of aromatic nitrogens is 1. The summed E-state index contributed by atoms with van der Waals surface area (Å²) in [5, 5.41) is 11.1. The van der Waals surface area contributed by atoms with Crippen molar-refractivity contribution in [2.45, 2.75) is 33.1 Å². The number of carboxylic acids is 1. The lowest BCUT2D eigenvalue weighted by Gasteiger charge is -2.07. The summed E-state index contributed by atoms with van der Waals surface area (Å²) in [6, 6.07) is 3.53. The molecule has 0 saturated heterocycles. The number of anilines is 1. The predicted molar refractivity (Wildman–Crippen MR) is 63.9 cm³/mol. The third-order valence-electron chi connectivity index (χ3n) is 2.25. The SMILES string of the molecule is CCc1cc(NC(=O)CC(=O)O)cc(CC)n1. The van der Waals surface area contributed by atoms with Crippen molar-refractivity contribution in [1.29, 1.82) is 0 Å². The zero-order valence-electron chi connectivity index (χ0n) is 9.99. The van der Waals surface area contributed by atoms with Crippen LogP contribution in [-0.4, -0.2) is 22.0 Å². The van der Waals surface area contributed by atoms with Gasteiger partial charge in [-0.2, -0.15) is 0 Å². The fourth-order valence-electron chi connectivity index (χ4n) is 1.43. The topological polar surface area (TPSA) is 79.3 Å². The summed E-state index contributed by atoms with van der Waals surface area (Å²) in [7, 11) is 0. The minimum Gasteiger partial charge on any atom is -0.481 e. The second-order valence-corrected chi connectivity index (χ2v) is 3.66. The highest BCUT2D eigenvalue weighted by Gasteiger charge is 2.09. The van der Waals surface area contributed by atoms with E-state index in [1.165, 1.54) is 0 Å². The second-order valence-electron chi connectivity index (χ2n) is 3.66. The number of aliphatic carboxylic acids is 1. The normalized spacial score (nSPS) is 10.0. The van der Waals surface area contributed by atoms with Crippen LogP contribution in [0.15, 0.2) is 12.1 Å². The Labute approximate surface area is 99.9 Å². The van der Waals surface area contributed by atoms with Crippen molar-refractivity contribution in [1.82, 2.24) is 4.98 Å². The summed E-state index contributed by atoms with van der Waals surface area (Å²) in [4.78, 5) is 26.1. The lowest BCUT2D eigenvalue weighted by atomic mass is 10.2. The van der Waals surface area contributed by atoms with Crippen molar-refractivity contribution >= 4 is 17.6 Å². The number of hydrogen-bond acceptors (Lipinski definition) is 3. The fraction of sp³-hybridized carbons (Fsp3) is 0.417. The van der Waals surface area contributed by atoms with Gasteiger partial charge in [0.1, 0.15) is 6.42 Å². The van der Waals surface area contributed by atoms with E-state index in [4.69, 9.17) is 5.11 Å². The molecule has 1 rings (SSSR count). The molecule has 1 amide bonds. The predicted octanol–water partition coefficient (Wildman–Crippen LogP) is 1.62. The van der Waals surface area contributed by atoms with Gasteiger partial charge in [0.2, 0.25) is 5.91 Å². The van der Waals surface area contributed by atoms with Crippen LogP contribution in [-0.2, 0) is 22.4 Å². The first-order valence-electron chi connectivity index (χ1n) is 5.56. The molecule has 0 aliphatic rings. The molecular weight excluding hydrogens is 220 g/mol. The zero-order chi connectivity index (χ0) is 12.8. The molecule has 0 atom stereocenters. The number of carbonyl (C=O) groups is 2. The van der Waals surface area contributed by atoms with Crippen molar-refractivity contribution in [3.63, 3.8) is 0 Å². The molecule has 5 heteroatoms. The Morgan fingerprint density at radius 1 is 1.24 bits per heavy atom. The first kappa shape index (κ1) is 13.2. The van der Waals surface area contributed by atoms with Crippen molar-refractivity contribution in [2.75, 3.05) is 5.32 Å². The van der Waals surface area contributed by atoms with Crippen molar-refractivity contribution in [3.8, 4) is 0 Å². The Morgan fingerprint density at radius 2 is 1.76 bits per heavy atom. The Morgan fingerprint density at radius 3 is 2.18 bits per heavy atom. The number of pyridine rings is 1. The molecule has 0 aliphatic carbocycles. The van der Waals surface area contributed by atoms with Gasteiger partial charge in [0.05, 0.1) is 0 Å². The molecule has 0 bridgehead atoms. The van der Waals surface area contributed by atoms with Crippen LogP contribution in [0.2, 0.25) is 0 Å². The van der Waals surface area contributed by atoms with Gasteiger partial charge in [0.15, 0.2) is 0 Å². The lowest BCUT2D eigenvalue weighted by Crippen LogP contribution is -2.16. The first-order valence-corrected chi connectivity index (χ1v) is 5.56. The maximum atomic E-state index is 11.3. The summed E-state index contributed by atoms with van der Waals surface area (Å²) in [6.07, 6.45) is 1.02. The summed E-state index contributed by atoms with van der Waals surface area (Å²) in [6.45, 7) is 3.95. The van der Waals surface area contributed by atoms with Crippen molar-refractivity contribution in [3.05, 3.63) is 23.5 Å². The van der Waals surface area contributed by atoms with E-state index in [0.29, 0.717) is 5.69 Å². The van der Waals surface area contributed by atoms with Gasteiger partial charge in [0.25, 0.3) is 0 Å². The van der Waals surface area contributed by atoms with Gasteiger partial charge < -0.3 is 10.4 Å². The van der Waals surface area contributed by atoms with Crippen LogP contribution in [0.25, 0.3) is 0 Å². The molecular formula is C12H16N2O3. The minimum atomic E-state index is -1.14. The van der Waals surface area contributed by atoms with Crippen LogP contribution in [0.5, 0.6) is 0 Å². The van der Waals surface area contributed by atoms with E-state index >= 15 is 0 Å². The molecule has 1 aromatic rings. The van der Waals surface area contributed by atoms with Crippen LogP contribution in [0, 0.1) is 0 Å². The Hall–Kier alpha value is -1.91. The third-order valence-corrected chi connectivity index (χ3v) is 2.25. The van der Waals surface area contributed by atoms with Crippen molar-refractivity contribution in [2.24, 2.45) is 0 Å². The van der Waals surface area contributed by atoms with Crippen LogP contribution in [0.1, 0.15) is 31.7 Å². The average molecular weight is 236 g/mol. The van der Waals surface area contributed by atoms with E-state index in [0.717, 1.165) is 24.2 Å². The molecule has 1 aromatic heterocycles. The van der Waals surface area contributed by atoms with Crippen LogP contribution in [0.4, 0.5) is 5.69 Å². The minimum absolute atomic E-state index is 0.521. The molecule has 0 fully saturated rings. The molecule has 92 valence electrons. The Bertz CT molecular complexity index is 408. The highest BCUT2D eigenvalue weighted by molar-refractivity contribution is 6.01. The molecule has 0 aliphatic heterocycles. The Balaban J connectivity index is 2.82. The molecule has 2 N–H and O–H groups in total. The lowest BCUT2D eigenvalue weighted by molar-refractivity contribution is -0.139. The van der Waals surface area contributed by atoms with Gasteiger partial charge >= 0.3 is 5.97 Å². The molecule has 17 heavy (non-hydrogen) atoms. The highest BCUT2D eigenvalue weighted by Crippen LogP contribution is 2.13. The van der Waals surface area contributed by atoms with E-state index in [1.54, 1.807) is 12.1 Å². The number of nitrogens with zero attached hydrogens (tertiary/aromatic N) is 1. The van der Waals surface area contributed by atoms with E-state index in [-0.39, 0.29) is 0 Å². The van der Waals surface area contributed by atoms with E-state index < -0.39 is 18.3 Å². The molecule has 0 saturated carbocycles. The molecule has 0 unspecified atom stereocenters. The maximum Gasteiger partial charge on any atom is 0.312 e. The third kappa shape index (κ3) is 4.22. The molecule has 5 nitrogen and oxygen atoms in total. The average Bonchev–Trinajstić information content (AvgIpc) is 2.27. The molecule has 0 aromatic carbocycles. The fourth-order valence-corrected chi connectivity index (χ4v) is 1.43. The van der Waals surface area contributed by atoms with Gasteiger partial charge in [-0.25, -0.2) is 0 Å². The molecule has 0 radical (unpaired) electrons. The monoisotopic (exact) mass is 236 g/mol. The smallest absolute Gasteiger partial charge is 0.312 e. The van der Waals surface area contributed by atoms with Gasteiger partial charge in [0, 0.05) is 17.1 Å². The van der Waals surface area contributed by atoms with Gasteiger partial charge in [-0.15, -0.1) is 0 Å². The summed E-state index contributed by atoms with van der Waals surface area (Å²) >= 11 is 0. The van der Waals surface area contributed by atoms with Gasteiger partial charge in [-0.3, -0.25) is 14.6 Å². The largest absolute Gasteiger partial charge is 0.481 e.